The number of anilines is 1. The number of methoxy groups -OCH3 is 1. The van der Waals surface area contributed by atoms with Gasteiger partial charge in [-0.3, -0.25) is 14.4 Å². The zero-order chi connectivity index (χ0) is 20.8. The lowest BCUT2D eigenvalue weighted by molar-refractivity contribution is -0.119. The first-order chi connectivity index (χ1) is 14.0. The number of rotatable bonds is 5. The van der Waals surface area contributed by atoms with Gasteiger partial charge in [-0.25, -0.2) is 4.79 Å². The van der Waals surface area contributed by atoms with Crippen LogP contribution in [-0.2, 0) is 9.53 Å². The molecule has 1 saturated heterocycles. The molecule has 1 fully saturated rings. The van der Waals surface area contributed by atoms with E-state index >= 15 is 0 Å². The number of nitrogens with one attached hydrogen (secondary N) is 1. The van der Waals surface area contributed by atoms with Gasteiger partial charge in [-0.2, -0.15) is 0 Å². The normalized spacial score (nSPS) is 13.6. The number of piperazine rings is 1. The third kappa shape index (κ3) is 4.78. The molecular weight excluding hydrogens is 374 g/mol. The molecule has 1 N–H and O–H groups in total. The van der Waals surface area contributed by atoms with E-state index in [2.05, 4.69) is 10.1 Å². The molecule has 0 radical (unpaired) electrons. The van der Waals surface area contributed by atoms with Crippen LogP contribution in [0.5, 0.6) is 0 Å². The highest BCUT2D eigenvalue weighted by molar-refractivity contribution is 6.06. The molecule has 0 aliphatic carbocycles. The van der Waals surface area contributed by atoms with Crippen molar-refractivity contribution in [1.29, 1.82) is 0 Å². The summed E-state index contributed by atoms with van der Waals surface area (Å²) in [6, 6.07) is 12.9. The van der Waals surface area contributed by atoms with Crippen molar-refractivity contribution < 1.29 is 23.9 Å². The Morgan fingerprint density at radius 1 is 0.931 bits per heavy atom. The molecule has 1 aliphatic rings. The Bertz CT molecular complexity index is 935. The minimum atomic E-state index is -0.497. The maximum absolute atomic E-state index is 12.7. The van der Waals surface area contributed by atoms with Gasteiger partial charge in [0.1, 0.15) is 0 Å². The number of amides is 3. The second-order valence-electron chi connectivity index (χ2n) is 6.54. The molecule has 1 heterocycles. The van der Waals surface area contributed by atoms with E-state index in [1.807, 2.05) is 0 Å². The van der Waals surface area contributed by atoms with Crippen LogP contribution in [0.3, 0.4) is 0 Å². The molecule has 1 aliphatic heterocycles. The van der Waals surface area contributed by atoms with Crippen LogP contribution in [0.25, 0.3) is 0 Å². The number of nitrogens with zero attached hydrogens (tertiary/aromatic N) is 2. The first kappa shape index (κ1) is 20.1. The summed E-state index contributed by atoms with van der Waals surface area (Å²) in [4.78, 5) is 51.0. The van der Waals surface area contributed by atoms with E-state index < -0.39 is 11.9 Å². The van der Waals surface area contributed by atoms with Gasteiger partial charge >= 0.3 is 5.97 Å². The van der Waals surface area contributed by atoms with E-state index in [9.17, 15) is 19.2 Å². The zero-order valence-electron chi connectivity index (χ0n) is 16.0. The lowest BCUT2D eigenvalue weighted by Gasteiger charge is -2.32. The van der Waals surface area contributed by atoms with Gasteiger partial charge in [-0.05, 0) is 36.4 Å². The van der Waals surface area contributed by atoms with Gasteiger partial charge in [-0.1, -0.05) is 12.1 Å². The van der Waals surface area contributed by atoms with Crippen LogP contribution >= 0.6 is 0 Å². The molecule has 8 heteroatoms. The summed E-state index contributed by atoms with van der Waals surface area (Å²) in [7, 11) is 1.29. The number of carbonyl (C=O) groups is 4. The second kappa shape index (κ2) is 9.01. The van der Waals surface area contributed by atoms with Crippen molar-refractivity contribution in [3.8, 4) is 0 Å². The van der Waals surface area contributed by atoms with Gasteiger partial charge in [0.2, 0.25) is 6.41 Å². The molecular formula is C21H21N3O5. The molecule has 3 rings (SSSR count). The van der Waals surface area contributed by atoms with Crippen molar-refractivity contribution in [2.75, 3.05) is 38.6 Å². The van der Waals surface area contributed by atoms with Crippen LogP contribution in [0.4, 0.5) is 5.69 Å². The Kier molecular flexibility index (Phi) is 6.23. The van der Waals surface area contributed by atoms with E-state index in [0.717, 1.165) is 6.41 Å². The first-order valence-corrected chi connectivity index (χ1v) is 9.10. The smallest absolute Gasteiger partial charge is 0.337 e. The summed E-state index contributed by atoms with van der Waals surface area (Å²) in [5.41, 5.74) is 1.50. The third-order valence-electron chi connectivity index (χ3n) is 4.66. The van der Waals surface area contributed by atoms with E-state index in [-0.39, 0.29) is 5.91 Å². The Labute approximate surface area is 168 Å². The summed E-state index contributed by atoms with van der Waals surface area (Å²) in [5.74, 6) is -1.08. The third-order valence-corrected chi connectivity index (χ3v) is 4.66. The molecule has 0 saturated carbocycles. The number of carbonyl (C=O) groups excluding carboxylic acids is 4. The maximum Gasteiger partial charge on any atom is 0.337 e. The van der Waals surface area contributed by atoms with Crippen LogP contribution in [0, 0.1) is 0 Å². The Balaban J connectivity index is 1.70. The summed E-state index contributed by atoms with van der Waals surface area (Å²) in [6.45, 7) is 1.89. The van der Waals surface area contributed by atoms with Crippen molar-refractivity contribution in [3.05, 3.63) is 65.2 Å². The molecule has 29 heavy (non-hydrogen) atoms. The van der Waals surface area contributed by atoms with E-state index in [1.165, 1.54) is 19.2 Å². The fourth-order valence-corrected chi connectivity index (χ4v) is 3.05. The van der Waals surface area contributed by atoms with E-state index in [4.69, 9.17) is 0 Å². The Morgan fingerprint density at radius 2 is 1.59 bits per heavy atom. The topological polar surface area (TPSA) is 96.0 Å². The summed E-state index contributed by atoms with van der Waals surface area (Å²) in [5, 5.41) is 2.72. The predicted octanol–water partition coefficient (Wildman–Crippen LogP) is 1.64. The molecule has 0 bridgehead atoms. The number of hydrogen-bond donors (Lipinski definition) is 1. The van der Waals surface area contributed by atoms with Crippen LogP contribution in [0.2, 0.25) is 0 Å². The fraction of sp³-hybridized carbons (Fsp3) is 0.238. The monoisotopic (exact) mass is 395 g/mol. The van der Waals surface area contributed by atoms with Crippen LogP contribution in [0.1, 0.15) is 31.1 Å². The molecule has 0 aromatic heterocycles. The lowest BCUT2D eigenvalue weighted by atomic mass is 10.1. The van der Waals surface area contributed by atoms with Gasteiger partial charge in [0.15, 0.2) is 0 Å². The van der Waals surface area contributed by atoms with Crippen molar-refractivity contribution in [1.82, 2.24) is 9.80 Å². The van der Waals surface area contributed by atoms with Crippen molar-refractivity contribution in [3.63, 3.8) is 0 Å². The van der Waals surface area contributed by atoms with Crippen molar-refractivity contribution in [2.45, 2.75) is 0 Å². The minimum Gasteiger partial charge on any atom is -0.465 e. The molecule has 0 atom stereocenters. The number of ether oxygens (including phenoxy) is 1. The van der Waals surface area contributed by atoms with Crippen molar-refractivity contribution in [2.24, 2.45) is 0 Å². The molecule has 2 aromatic rings. The predicted molar refractivity (Wildman–Crippen MR) is 106 cm³/mol. The summed E-state index contributed by atoms with van der Waals surface area (Å²) >= 11 is 0. The van der Waals surface area contributed by atoms with E-state index in [1.54, 1.807) is 46.2 Å². The van der Waals surface area contributed by atoms with Crippen molar-refractivity contribution >= 4 is 29.9 Å². The first-order valence-electron chi connectivity index (χ1n) is 9.10. The zero-order valence-corrected chi connectivity index (χ0v) is 16.0. The van der Waals surface area contributed by atoms with Gasteiger partial charge in [0, 0.05) is 43.0 Å². The standard InChI is InChI=1S/C21H21N3O5/c1-29-21(28)17-6-3-7-18(13-17)22-19(26)15-4-2-5-16(12-15)20(27)24-10-8-23(14-25)9-11-24/h2-7,12-14H,8-11H2,1H3,(H,22,26). The van der Waals surface area contributed by atoms with Crippen LogP contribution in [-0.4, -0.2) is 67.3 Å². The second-order valence-corrected chi connectivity index (χ2v) is 6.54. The molecule has 150 valence electrons. The van der Waals surface area contributed by atoms with Crippen LogP contribution < -0.4 is 5.32 Å². The van der Waals surface area contributed by atoms with Gasteiger partial charge in [0.25, 0.3) is 11.8 Å². The quantitative estimate of drug-likeness (QED) is 0.613. The lowest BCUT2D eigenvalue weighted by Crippen LogP contribution is -2.48. The van der Waals surface area contributed by atoms with Gasteiger partial charge in [-0.15, -0.1) is 0 Å². The Morgan fingerprint density at radius 3 is 2.28 bits per heavy atom. The molecule has 0 spiro atoms. The summed E-state index contributed by atoms with van der Waals surface area (Å²) < 4.78 is 4.68. The average Bonchev–Trinajstić information content (AvgIpc) is 2.78. The fourth-order valence-electron chi connectivity index (χ4n) is 3.05. The van der Waals surface area contributed by atoms with Gasteiger partial charge in [0.05, 0.1) is 12.7 Å². The molecule has 0 unspecified atom stereocenters. The maximum atomic E-state index is 12.7. The minimum absolute atomic E-state index is 0.183. The number of hydrogen-bond acceptors (Lipinski definition) is 5. The highest BCUT2D eigenvalue weighted by Gasteiger charge is 2.22. The van der Waals surface area contributed by atoms with Gasteiger partial charge < -0.3 is 19.9 Å². The largest absolute Gasteiger partial charge is 0.465 e. The van der Waals surface area contributed by atoms with E-state index in [0.29, 0.717) is 48.6 Å². The number of benzene rings is 2. The Hall–Kier alpha value is -3.68. The SMILES string of the molecule is COC(=O)c1cccc(NC(=O)c2cccc(C(=O)N3CCN(C=O)CC3)c2)c1. The summed E-state index contributed by atoms with van der Waals surface area (Å²) in [6.07, 6.45) is 0.780. The molecule has 3 amide bonds. The highest BCUT2D eigenvalue weighted by atomic mass is 16.5. The van der Waals surface area contributed by atoms with Crippen LogP contribution in [0.15, 0.2) is 48.5 Å². The number of esters is 1. The average molecular weight is 395 g/mol. The molecule has 8 nitrogen and oxygen atoms in total. The molecule has 2 aromatic carbocycles. The highest BCUT2D eigenvalue weighted by Crippen LogP contribution is 2.15.